The molecule has 0 bridgehead atoms. The van der Waals surface area contributed by atoms with Gasteiger partial charge in [0.15, 0.2) is 0 Å². The molecule has 0 aliphatic rings. The van der Waals surface area contributed by atoms with Crippen LogP contribution in [0.3, 0.4) is 0 Å². The van der Waals surface area contributed by atoms with E-state index in [-0.39, 0.29) is 5.91 Å². The van der Waals surface area contributed by atoms with Crippen molar-refractivity contribution in [2.75, 3.05) is 0 Å². The van der Waals surface area contributed by atoms with Crippen molar-refractivity contribution >= 4 is 16.8 Å². The molecular weight excluding hydrogens is 332 g/mol. The fourth-order valence-corrected chi connectivity index (χ4v) is 3.11. The van der Waals surface area contributed by atoms with Crippen LogP contribution < -0.4 is 5.32 Å². The van der Waals surface area contributed by atoms with Gasteiger partial charge in [0, 0.05) is 23.7 Å². The molecule has 4 aromatic rings. The number of amides is 1. The smallest absolute Gasteiger partial charge is 0.251 e. The zero-order valence-corrected chi connectivity index (χ0v) is 14.9. The summed E-state index contributed by atoms with van der Waals surface area (Å²) in [7, 11) is 0. The molecule has 0 atom stereocenters. The molecule has 0 saturated heterocycles. The predicted octanol–water partition coefficient (Wildman–Crippen LogP) is 4.76. The van der Waals surface area contributed by atoms with Gasteiger partial charge in [0.25, 0.3) is 5.91 Å². The first-order valence-electron chi connectivity index (χ1n) is 9.03. The Kier molecular flexibility index (Phi) is 4.93. The Labute approximate surface area is 158 Å². The summed E-state index contributed by atoms with van der Waals surface area (Å²) in [6.45, 7) is 0.509. The van der Waals surface area contributed by atoms with E-state index in [0.717, 1.165) is 22.9 Å². The van der Waals surface area contributed by atoms with Crippen LogP contribution in [0.15, 0.2) is 91.1 Å². The van der Waals surface area contributed by atoms with Gasteiger partial charge in [-0.25, -0.2) is 0 Å². The summed E-state index contributed by atoms with van der Waals surface area (Å²) < 4.78 is 0. The lowest BCUT2D eigenvalue weighted by molar-refractivity contribution is 0.0951. The monoisotopic (exact) mass is 352 g/mol. The summed E-state index contributed by atoms with van der Waals surface area (Å²) >= 11 is 0. The molecule has 0 unspecified atom stereocenters. The quantitative estimate of drug-likeness (QED) is 0.563. The number of carbonyl (C=O) groups excluding carboxylic acids is 1. The lowest BCUT2D eigenvalue weighted by Crippen LogP contribution is -2.22. The highest BCUT2D eigenvalue weighted by Gasteiger charge is 2.06. The van der Waals surface area contributed by atoms with Crippen LogP contribution in [0.4, 0.5) is 0 Å². The molecule has 0 aliphatic carbocycles. The van der Waals surface area contributed by atoms with E-state index in [0.29, 0.717) is 12.1 Å². The Morgan fingerprint density at radius 3 is 2.33 bits per heavy atom. The molecule has 0 saturated carbocycles. The van der Waals surface area contributed by atoms with Gasteiger partial charge in [-0.2, -0.15) is 0 Å². The number of nitrogens with zero attached hydrogens (tertiary/aromatic N) is 1. The number of pyridine rings is 1. The molecule has 27 heavy (non-hydrogen) atoms. The third kappa shape index (κ3) is 4.21. The van der Waals surface area contributed by atoms with Gasteiger partial charge in [-0.15, -0.1) is 0 Å². The molecule has 0 aliphatic heterocycles. The maximum atomic E-state index is 12.4. The van der Waals surface area contributed by atoms with Crippen molar-refractivity contribution in [1.82, 2.24) is 10.3 Å². The van der Waals surface area contributed by atoms with Crippen molar-refractivity contribution in [2.45, 2.75) is 13.0 Å². The normalized spacial score (nSPS) is 10.7. The van der Waals surface area contributed by atoms with Crippen molar-refractivity contribution in [3.8, 4) is 0 Å². The first-order valence-corrected chi connectivity index (χ1v) is 9.03. The van der Waals surface area contributed by atoms with Gasteiger partial charge in [0.2, 0.25) is 0 Å². The molecule has 3 aromatic carbocycles. The Morgan fingerprint density at radius 2 is 1.52 bits per heavy atom. The Balaban J connectivity index is 1.38. The van der Waals surface area contributed by atoms with E-state index in [2.05, 4.69) is 58.8 Å². The first kappa shape index (κ1) is 17.0. The highest BCUT2D eigenvalue weighted by Crippen LogP contribution is 2.14. The van der Waals surface area contributed by atoms with Gasteiger partial charge < -0.3 is 5.32 Å². The van der Waals surface area contributed by atoms with Crippen LogP contribution in [0.25, 0.3) is 10.9 Å². The van der Waals surface area contributed by atoms with Gasteiger partial charge in [0.05, 0.1) is 5.52 Å². The second-order valence-corrected chi connectivity index (χ2v) is 6.57. The fourth-order valence-electron chi connectivity index (χ4n) is 3.11. The van der Waals surface area contributed by atoms with Crippen molar-refractivity contribution in [3.05, 3.63) is 113 Å². The number of hydrogen-bond acceptors (Lipinski definition) is 2. The lowest BCUT2D eigenvalue weighted by Gasteiger charge is -2.08. The SMILES string of the molecule is O=C(NCc1ccc(Cc2ccccc2)cc1)c1ccc2ncccc2c1. The van der Waals surface area contributed by atoms with Crippen molar-refractivity contribution in [2.24, 2.45) is 0 Å². The van der Waals surface area contributed by atoms with Gasteiger partial charge in [-0.05, 0) is 47.4 Å². The number of nitrogens with one attached hydrogen (secondary N) is 1. The number of carbonyl (C=O) groups is 1. The van der Waals surface area contributed by atoms with Gasteiger partial charge >= 0.3 is 0 Å². The fraction of sp³-hybridized carbons (Fsp3) is 0.0833. The number of benzene rings is 3. The van der Waals surface area contributed by atoms with Crippen molar-refractivity contribution in [1.29, 1.82) is 0 Å². The van der Waals surface area contributed by atoms with Crippen LogP contribution in [0.2, 0.25) is 0 Å². The van der Waals surface area contributed by atoms with Crippen molar-refractivity contribution in [3.63, 3.8) is 0 Å². The zero-order chi connectivity index (χ0) is 18.5. The lowest BCUT2D eigenvalue weighted by atomic mass is 10.0. The number of rotatable bonds is 5. The highest BCUT2D eigenvalue weighted by atomic mass is 16.1. The Bertz CT molecular complexity index is 1060. The summed E-state index contributed by atoms with van der Waals surface area (Å²) in [6.07, 6.45) is 2.67. The average Bonchev–Trinajstić information content (AvgIpc) is 2.73. The molecule has 0 fully saturated rings. The first-order chi connectivity index (χ1) is 13.3. The molecule has 132 valence electrons. The van der Waals surface area contributed by atoms with E-state index in [4.69, 9.17) is 0 Å². The molecule has 1 aromatic heterocycles. The van der Waals surface area contributed by atoms with E-state index < -0.39 is 0 Å². The largest absolute Gasteiger partial charge is 0.348 e. The standard InChI is InChI=1S/C24H20N2O/c27-24(22-12-13-23-21(16-22)7-4-14-25-23)26-17-20-10-8-19(9-11-20)15-18-5-2-1-3-6-18/h1-14,16H,15,17H2,(H,26,27). The summed E-state index contributed by atoms with van der Waals surface area (Å²) in [4.78, 5) is 16.7. The molecule has 4 rings (SSSR count). The molecule has 1 amide bonds. The summed E-state index contributed by atoms with van der Waals surface area (Å²) in [5.74, 6) is -0.0749. The van der Waals surface area contributed by atoms with E-state index in [1.165, 1.54) is 11.1 Å². The van der Waals surface area contributed by atoms with Crippen LogP contribution in [-0.2, 0) is 13.0 Å². The minimum atomic E-state index is -0.0749. The minimum absolute atomic E-state index is 0.0749. The maximum Gasteiger partial charge on any atom is 0.251 e. The van der Waals surface area contributed by atoms with E-state index >= 15 is 0 Å². The second kappa shape index (κ2) is 7.83. The molecule has 1 N–H and O–H groups in total. The second-order valence-electron chi connectivity index (χ2n) is 6.57. The van der Waals surface area contributed by atoms with Crippen LogP contribution in [0, 0.1) is 0 Å². The molecule has 3 nitrogen and oxygen atoms in total. The molecule has 0 spiro atoms. The molecular formula is C24H20N2O. The average molecular weight is 352 g/mol. The van der Waals surface area contributed by atoms with Gasteiger partial charge in [0.1, 0.15) is 0 Å². The molecule has 3 heteroatoms. The number of fused-ring (bicyclic) bond motifs is 1. The summed E-state index contributed by atoms with van der Waals surface area (Å²) in [6, 6.07) is 28.2. The number of aromatic nitrogens is 1. The Morgan fingerprint density at radius 1 is 0.778 bits per heavy atom. The third-order valence-electron chi connectivity index (χ3n) is 4.59. The summed E-state index contributed by atoms with van der Waals surface area (Å²) in [5.41, 5.74) is 5.18. The molecule has 1 heterocycles. The summed E-state index contributed by atoms with van der Waals surface area (Å²) in [5, 5.41) is 3.96. The van der Waals surface area contributed by atoms with E-state index in [1.54, 1.807) is 6.20 Å². The topological polar surface area (TPSA) is 42.0 Å². The zero-order valence-electron chi connectivity index (χ0n) is 14.9. The third-order valence-corrected chi connectivity index (χ3v) is 4.59. The van der Waals surface area contributed by atoms with Gasteiger partial charge in [-0.1, -0.05) is 60.7 Å². The highest BCUT2D eigenvalue weighted by molar-refractivity contribution is 5.97. The van der Waals surface area contributed by atoms with E-state index in [9.17, 15) is 4.79 Å². The van der Waals surface area contributed by atoms with Crippen molar-refractivity contribution < 1.29 is 4.79 Å². The van der Waals surface area contributed by atoms with Crippen LogP contribution in [-0.4, -0.2) is 10.9 Å². The van der Waals surface area contributed by atoms with Gasteiger partial charge in [-0.3, -0.25) is 9.78 Å². The predicted molar refractivity (Wildman–Crippen MR) is 109 cm³/mol. The Hall–Kier alpha value is -3.46. The minimum Gasteiger partial charge on any atom is -0.348 e. The number of hydrogen-bond donors (Lipinski definition) is 1. The van der Waals surface area contributed by atoms with Crippen LogP contribution in [0.1, 0.15) is 27.0 Å². The van der Waals surface area contributed by atoms with Crippen LogP contribution >= 0.6 is 0 Å². The van der Waals surface area contributed by atoms with E-state index in [1.807, 2.05) is 36.4 Å². The van der Waals surface area contributed by atoms with Crippen LogP contribution in [0.5, 0.6) is 0 Å². The maximum absolute atomic E-state index is 12.4. The molecule has 0 radical (unpaired) electrons.